The highest BCUT2D eigenvalue weighted by Crippen LogP contribution is 2.28. The first kappa shape index (κ1) is 14.9. The monoisotopic (exact) mass is 337 g/mol. The molecule has 0 radical (unpaired) electrons. The lowest BCUT2D eigenvalue weighted by Gasteiger charge is -2.18. The van der Waals surface area contributed by atoms with Gasteiger partial charge < -0.3 is 10.1 Å². The Morgan fingerprint density at radius 2 is 2.00 bits per heavy atom. The third-order valence-corrected chi connectivity index (χ3v) is 3.54. The minimum Gasteiger partial charge on any atom is -0.495 e. The summed E-state index contributed by atoms with van der Waals surface area (Å²) in [6.45, 7) is 2.02. The number of rotatable bonds is 5. The number of hydrogen-bond acceptors (Lipinski definition) is 2. The number of hydrogen-bond donors (Lipinski definition) is 1. The van der Waals surface area contributed by atoms with E-state index in [1.54, 1.807) is 13.2 Å². The third-order valence-electron chi connectivity index (χ3n) is 3.05. The molecule has 2 nitrogen and oxygen atoms in total. The van der Waals surface area contributed by atoms with Crippen molar-refractivity contribution in [3.63, 3.8) is 0 Å². The molecule has 0 fully saturated rings. The van der Waals surface area contributed by atoms with Crippen LogP contribution in [0.25, 0.3) is 0 Å². The van der Waals surface area contributed by atoms with E-state index in [0.717, 1.165) is 15.9 Å². The molecule has 0 amide bonds. The van der Waals surface area contributed by atoms with Gasteiger partial charge in [-0.05, 0) is 43.2 Å². The molecule has 0 saturated carbocycles. The van der Waals surface area contributed by atoms with Crippen molar-refractivity contribution < 1.29 is 9.13 Å². The largest absolute Gasteiger partial charge is 0.495 e. The van der Waals surface area contributed by atoms with Crippen LogP contribution < -0.4 is 10.1 Å². The fraction of sp³-hybridized carbons (Fsp3) is 0.250. The van der Waals surface area contributed by atoms with Crippen LogP contribution in [0.5, 0.6) is 5.75 Å². The number of anilines is 1. The lowest BCUT2D eigenvalue weighted by molar-refractivity contribution is 0.416. The Labute approximate surface area is 127 Å². The van der Waals surface area contributed by atoms with E-state index in [2.05, 4.69) is 21.2 Å². The van der Waals surface area contributed by atoms with Gasteiger partial charge in [-0.1, -0.05) is 34.1 Å². The zero-order valence-corrected chi connectivity index (χ0v) is 13.1. The summed E-state index contributed by atoms with van der Waals surface area (Å²) in [7, 11) is 1.63. The van der Waals surface area contributed by atoms with Gasteiger partial charge in [0.1, 0.15) is 11.6 Å². The zero-order chi connectivity index (χ0) is 14.5. The SMILES string of the molecule is COc1ccc(Br)cc1NC(C)Cc1ccccc1F. The van der Waals surface area contributed by atoms with E-state index in [1.165, 1.54) is 6.07 Å². The highest BCUT2D eigenvalue weighted by atomic mass is 79.9. The molecular weight excluding hydrogens is 321 g/mol. The van der Waals surface area contributed by atoms with Crippen LogP contribution in [0.3, 0.4) is 0 Å². The Balaban J connectivity index is 2.10. The molecule has 0 saturated heterocycles. The summed E-state index contributed by atoms with van der Waals surface area (Å²) in [5.41, 5.74) is 1.60. The Bertz CT molecular complexity index is 588. The molecule has 2 rings (SSSR count). The van der Waals surface area contributed by atoms with Gasteiger partial charge in [-0.3, -0.25) is 0 Å². The van der Waals surface area contributed by atoms with E-state index in [-0.39, 0.29) is 11.9 Å². The van der Waals surface area contributed by atoms with Crippen LogP contribution in [0.2, 0.25) is 0 Å². The van der Waals surface area contributed by atoms with Gasteiger partial charge in [0.15, 0.2) is 0 Å². The maximum absolute atomic E-state index is 13.6. The van der Waals surface area contributed by atoms with E-state index in [0.29, 0.717) is 12.0 Å². The van der Waals surface area contributed by atoms with Crippen LogP contribution in [-0.4, -0.2) is 13.2 Å². The van der Waals surface area contributed by atoms with Crippen molar-refractivity contribution in [2.45, 2.75) is 19.4 Å². The molecule has 0 spiro atoms. The molecule has 1 N–H and O–H groups in total. The number of nitrogens with one attached hydrogen (secondary N) is 1. The topological polar surface area (TPSA) is 21.3 Å². The molecule has 106 valence electrons. The molecule has 2 aromatic carbocycles. The smallest absolute Gasteiger partial charge is 0.142 e. The second-order valence-electron chi connectivity index (χ2n) is 4.69. The fourth-order valence-corrected chi connectivity index (χ4v) is 2.46. The van der Waals surface area contributed by atoms with Crippen LogP contribution in [0, 0.1) is 5.82 Å². The van der Waals surface area contributed by atoms with Gasteiger partial charge in [0.25, 0.3) is 0 Å². The van der Waals surface area contributed by atoms with Crippen LogP contribution in [0.15, 0.2) is 46.9 Å². The minimum atomic E-state index is -0.164. The quantitative estimate of drug-likeness (QED) is 0.858. The molecule has 20 heavy (non-hydrogen) atoms. The van der Waals surface area contributed by atoms with Crippen molar-refractivity contribution in [1.29, 1.82) is 0 Å². The Morgan fingerprint density at radius 3 is 2.70 bits per heavy atom. The number of benzene rings is 2. The first-order valence-corrected chi connectivity index (χ1v) is 7.23. The van der Waals surface area contributed by atoms with Gasteiger partial charge in [-0.15, -0.1) is 0 Å². The average molecular weight is 338 g/mol. The summed E-state index contributed by atoms with van der Waals surface area (Å²) in [6, 6.07) is 12.7. The maximum Gasteiger partial charge on any atom is 0.142 e. The molecule has 1 atom stereocenters. The summed E-state index contributed by atoms with van der Waals surface area (Å²) in [5.74, 6) is 0.607. The molecule has 1 unspecified atom stereocenters. The van der Waals surface area contributed by atoms with Crippen LogP contribution in [-0.2, 0) is 6.42 Å². The summed E-state index contributed by atoms with van der Waals surface area (Å²) in [5, 5.41) is 3.36. The average Bonchev–Trinajstić information content (AvgIpc) is 2.41. The highest BCUT2D eigenvalue weighted by molar-refractivity contribution is 9.10. The van der Waals surface area contributed by atoms with Crippen molar-refractivity contribution in [1.82, 2.24) is 0 Å². The second-order valence-corrected chi connectivity index (χ2v) is 5.60. The van der Waals surface area contributed by atoms with Gasteiger partial charge in [0.2, 0.25) is 0 Å². The summed E-state index contributed by atoms with van der Waals surface area (Å²) in [6.07, 6.45) is 0.613. The Morgan fingerprint density at radius 1 is 1.25 bits per heavy atom. The van der Waals surface area contributed by atoms with Gasteiger partial charge >= 0.3 is 0 Å². The molecule has 0 aliphatic heterocycles. The summed E-state index contributed by atoms with van der Waals surface area (Å²) >= 11 is 3.44. The first-order valence-electron chi connectivity index (χ1n) is 6.43. The lowest BCUT2D eigenvalue weighted by Crippen LogP contribution is -2.19. The van der Waals surface area contributed by atoms with Gasteiger partial charge in [0.05, 0.1) is 12.8 Å². The Hall–Kier alpha value is -1.55. The molecule has 4 heteroatoms. The van der Waals surface area contributed by atoms with Crippen LogP contribution >= 0.6 is 15.9 Å². The van der Waals surface area contributed by atoms with E-state index in [1.807, 2.05) is 37.3 Å². The maximum atomic E-state index is 13.6. The van der Waals surface area contributed by atoms with Crippen molar-refractivity contribution in [3.05, 3.63) is 58.3 Å². The lowest BCUT2D eigenvalue weighted by atomic mass is 10.1. The first-order chi connectivity index (χ1) is 9.60. The van der Waals surface area contributed by atoms with Crippen molar-refractivity contribution in [2.75, 3.05) is 12.4 Å². The van der Waals surface area contributed by atoms with Gasteiger partial charge in [0, 0.05) is 10.5 Å². The minimum absolute atomic E-state index is 0.0927. The molecular formula is C16H17BrFNO. The zero-order valence-electron chi connectivity index (χ0n) is 11.5. The highest BCUT2D eigenvalue weighted by Gasteiger charge is 2.10. The number of halogens is 2. The van der Waals surface area contributed by atoms with Gasteiger partial charge in [-0.2, -0.15) is 0 Å². The van der Waals surface area contributed by atoms with E-state index in [4.69, 9.17) is 4.74 Å². The number of ether oxygens (including phenoxy) is 1. The Kier molecular flexibility index (Phi) is 5.01. The standard InChI is InChI=1S/C16H17BrFNO/c1-11(9-12-5-3-4-6-14(12)18)19-15-10-13(17)7-8-16(15)20-2/h3-8,10-11,19H,9H2,1-2H3. The normalized spacial score (nSPS) is 12.0. The summed E-state index contributed by atoms with van der Waals surface area (Å²) in [4.78, 5) is 0. The molecule has 0 heterocycles. The molecule has 2 aromatic rings. The molecule has 0 aliphatic carbocycles. The van der Waals surface area contributed by atoms with Crippen LogP contribution in [0.1, 0.15) is 12.5 Å². The molecule has 0 bridgehead atoms. The molecule has 0 aliphatic rings. The van der Waals surface area contributed by atoms with E-state index >= 15 is 0 Å². The summed E-state index contributed by atoms with van der Waals surface area (Å²) < 4.78 is 19.9. The molecule has 0 aromatic heterocycles. The predicted octanol–water partition coefficient (Wildman–Crippen LogP) is 4.64. The van der Waals surface area contributed by atoms with Gasteiger partial charge in [-0.25, -0.2) is 4.39 Å². The number of methoxy groups -OCH3 is 1. The van der Waals surface area contributed by atoms with Crippen LogP contribution in [0.4, 0.5) is 10.1 Å². The van der Waals surface area contributed by atoms with Crippen molar-refractivity contribution in [2.24, 2.45) is 0 Å². The van der Waals surface area contributed by atoms with Crippen molar-refractivity contribution in [3.8, 4) is 5.75 Å². The second kappa shape index (κ2) is 6.75. The van der Waals surface area contributed by atoms with E-state index < -0.39 is 0 Å². The predicted molar refractivity (Wildman–Crippen MR) is 83.9 cm³/mol. The van der Waals surface area contributed by atoms with E-state index in [9.17, 15) is 4.39 Å². The third kappa shape index (κ3) is 3.73. The van der Waals surface area contributed by atoms with Crippen molar-refractivity contribution >= 4 is 21.6 Å². The fourth-order valence-electron chi connectivity index (χ4n) is 2.10.